The lowest BCUT2D eigenvalue weighted by Gasteiger charge is -2.06. The van der Waals surface area contributed by atoms with Gasteiger partial charge in [0.2, 0.25) is 0 Å². The molecule has 4 heteroatoms. The predicted molar refractivity (Wildman–Crippen MR) is 54.8 cm³/mol. The highest BCUT2D eigenvalue weighted by atomic mass is 16.3. The molecule has 0 saturated heterocycles. The number of carbonyl (C=O) groups is 1. The molecule has 0 aliphatic heterocycles. The van der Waals surface area contributed by atoms with Crippen LogP contribution in [0.2, 0.25) is 0 Å². The number of aromatic hydroxyl groups is 2. The second kappa shape index (κ2) is 3.81. The lowest BCUT2D eigenvalue weighted by Crippen LogP contribution is -2.25. The number of hydrogen-bond acceptors (Lipinski definition) is 3. The van der Waals surface area contributed by atoms with Gasteiger partial charge in [-0.1, -0.05) is 6.07 Å². The Morgan fingerprint density at radius 1 is 1.40 bits per heavy atom. The number of para-hydroxylation sites is 1. The molecule has 1 amide bonds. The maximum Gasteiger partial charge on any atom is 0.255 e. The van der Waals surface area contributed by atoms with E-state index in [4.69, 9.17) is 0 Å². The van der Waals surface area contributed by atoms with Gasteiger partial charge in [0.1, 0.15) is 0 Å². The minimum Gasteiger partial charge on any atom is -0.504 e. The van der Waals surface area contributed by atoms with Gasteiger partial charge >= 0.3 is 0 Å². The van der Waals surface area contributed by atoms with E-state index in [0.29, 0.717) is 12.5 Å². The van der Waals surface area contributed by atoms with E-state index in [-0.39, 0.29) is 23.0 Å². The fourth-order valence-corrected chi connectivity index (χ4v) is 1.37. The SMILES string of the molecule is O=C(NCC1CC1)c1cccc(O)c1O. The summed E-state index contributed by atoms with van der Waals surface area (Å²) in [6.07, 6.45) is 2.32. The van der Waals surface area contributed by atoms with Crippen LogP contribution in [0.5, 0.6) is 11.5 Å². The first-order valence-electron chi connectivity index (χ1n) is 4.97. The van der Waals surface area contributed by atoms with Crippen molar-refractivity contribution in [2.45, 2.75) is 12.8 Å². The van der Waals surface area contributed by atoms with Crippen molar-refractivity contribution in [2.24, 2.45) is 5.92 Å². The third kappa shape index (κ3) is 2.21. The van der Waals surface area contributed by atoms with Gasteiger partial charge in [0.15, 0.2) is 11.5 Å². The lowest BCUT2D eigenvalue weighted by atomic mass is 10.1. The molecule has 2 rings (SSSR count). The molecule has 4 nitrogen and oxygen atoms in total. The largest absolute Gasteiger partial charge is 0.504 e. The van der Waals surface area contributed by atoms with E-state index in [0.717, 1.165) is 12.8 Å². The molecule has 1 aromatic carbocycles. The molecule has 1 aromatic rings. The third-order valence-electron chi connectivity index (χ3n) is 2.51. The van der Waals surface area contributed by atoms with Crippen molar-refractivity contribution < 1.29 is 15.0 Å². The minimum absolute atomic E-state index is 0.121. The van der Waals surface area contributed by atoms with Gasteiger partial charge in [-0.3, -0.25) is 4.79 Å². The van der Waals surface area contributed by atoms with Crippen molar-refractivity contribution in [3.05, 3.63) is 23.8 Å². The monoisotopic (exact) mass is 207 g/mol. The summed E-state index contributed by atoms with van der Waals surface area (Å²) in [7, 11) is 0. The second-order valence-electron chi connectivity index (χ2n) is 3.83. The maximum atomic E-state index is 11.6. The van der Waals surface area contributed by atoms with Crippen LogP contribution in [0.4, 0.5) is 0 Å². The summed E-state index contributed by atoms with van der Waals surface area (Å²) in [6.45, 7) is 0.647. The molecule has 0 heterocycles. The summed E-state index contributed by atoms with van der Waals surface area (Å²) < 4.78 is 0. The smallest absolute Gasteiger partial charge is 0.255 e. The number of hydrogen-bond donors (Lipinski definition) is 3. The molecule has 0 atom stereocenters. The van der Waals surface area contributed by atoms with Gasteiger partial charge in [-0.05, 0) is 30.9 Å². The summed E-state index contributed by atoms with van der Waals surface area (Å²) in [6, 6.07) is 4.35. The summed E-state index contributed by atoms with van der Waals surface area (Å²) in [5.41, 5.74) is 0.121. The second-order valence-corrected chi connectivity index (χ2v) is 3.83. The summed E-state index contributed by atoms with van der Waals surface area (Å²) in [5.74, 6) is -0.372. The zero-order chi connectivity index (χ0) is 10.8. The van der Waals surface area contributed by atoms with Gasteiger partial charge in [-0.15, -0.1) is 0 Å². The highest BCUT2D eigenvalue weighted by Crippen LogP contribution is 2.29. The Hall–Kier alpha value is -1.71. The van der Waals surface area contributed by atoms with Crippen molar-refractivity contribution in [3.8, 4) is 11.5 Å². The molecule has 0 spiro atoms. The molecule has 0 radical (unpaired) electrons. The Labute approximate surface area is 87.6 Å². The number of carbonyl (C=O) groups excluding carboxylic acids is 1. The highest BCUT2D eigenvalue weighted by Gasteiger charge is 2.22. The van der Waals surface area contributed by atoms with E-state index in [1.54, 1.807) is 0 Å². The zero-order valence-corrected chi connectivity index (χ0v) is 8.23. The van der Waals surface area contributed by atoms with Crippen LogP contribution in [-0.2, 0) is 0 Å². The molecule has 0 unspecified atom stereocenters. The molecule has 1 aliphatic rings. The van der Waals surface area contributed by atoms with Crippen molar-refractivity contribution in [3.63, 3.8) is 0 Å². The first-order chi connectivity index (χ1) is 7.18. The molecule has 0 bridgehead atoms. The van der Waals surface area contributed by atoms with Crippen LogP contribution in [0, 0.1) is 5.92 Å². The molecule has 3 N–H and O–H groups in total. The van der Waals surface area contributed by atoms with E-state index in [1.165, 1.54) is 18.2 Å². The van der Waals surface area contributed by atoms with Gasteiger partial charge in [-0.2, -0.15) is 0 Å². The molecule has 1 fully saturated rings. The van der Waals surface area contributed by atoms with Crippen LogP contribution in [0.25, 0.3) is 0 Å². The average Bonchev–Trinajstić information content (AvgIpc) is 3.02. The van der Waals surface area contributed by atoms with Crippen LogP contribution >= 0.6 is 0 Å². The van der Waals surface area contributed by atoms with Gasteiger partial charge in [0.25, 0.3) is 5.91 Å². The first-order valence-corrected chi connectivity index (χ1v) is 4.97. The fourth-order valence-electron chi connectivity index (χ4n) is 1.37. The van der Waals surface area contributed by atoms with E-state index in [9.17, 15) is 15.0 Å². The predicted octanol–water partition coefficient (Wildman–Crippen LogP) is 1.24. The molecule has 1 saturated carbocycles. The van der Waals surface area contributed by atoms with Crippen LogP contribution in [0.3, 0.4) is 0 Å². The van der Waals surface area contributed by atoms with Crippen LogP contribution in [-0.4, -0.2) is 22.7 Å². The van der Waals surface area contributed by atoms with Crippen LogP contribution < -0.4 is 5.32 Å². The molecule has 80 valence electrons. The van der Waals surface area contributed by atoms with Gasteiger partial charge in [0.05, 0.1) is 5.56 Å². The quantitative estimate of drug-likeness (QED) is 0.653. The number of benzene rings is 1. The third-order valence-corrected chi connectivity index (χ3v) is 2.51. The van der Waals surface area contributed by atoms with E-state index >= 15 is 0 Å². The zero-order valence-electron chi connectivity index (χ0n) is 8.23. The van der Waals surface area contributed by atoms with E-state index in [2.05, 4.69) is 5.32 Å². The number of rotatable bonds is 3. The molecular formula is C11H13NO3. The van der Waals surface area contributed by atoms with E-state index < -0.39 is 0 Å². The van der Waals surface area contributed by atoms with E-state index in [1.807, 2.05) is 0 Å². The summed E-state index contributed by atoms with van der Waals surface area (Å²) in [5, 5.41) is 21.4. The number of nitrogens with one attached hydrogen (secondary N) is 1. The topological polar surface area (TPSA) is 69.6 Å². The maximum absolute atomic E-state index is 11.6. The number of amides is 1. The van der Waals surface area contributed by atoms with Gasteiger partial charge < -0.3 is 15.5 Å². The summed E-state index contributed by atoms with van der Waals surface area (Å²) >= 11 is 0. The molecular weight excluding hydrogens is 194 g/mol. The van der Waals surface area contributed by atoms with Crippen molar-refractivity contribution in [1.82, 2.24) is 5.32 Å². The first kappa shape index (κ1) is 9.83. The molecule has 15 heavy (non-hydrogen) atoms. The number of phenolic OH excluding ortho intramolecular Hbond substituents is 2. The minimum atomic E-state index is -0.356. The Morgan fingerprint density at radius 2 is 2.13 bits per heavy atom. The molecule has 0 aromatic heterocycles. The van der Waals surface area contributed by atoms with Gasteiger partial charge in [-0.25, -0.2) is 0 Å². The van der Waals surface area contributed by atoms with Crippen molar-refractivity contribution >= 4 is 5.91 Å². The standard InChI is InChI=1S/C11H13NO3/c13-9-3-1-2-8(10(9)14)11(15)12-6-7-4-5-7/h1-3,7,13-14H,4-6H2,(H,12,15). The van der Waals surface area contributed by atoms with Gasteiger partial charge in [0, 0.05) is 6.54 Å². The Balaban J connectivity index is 2.06. The Kier molecular flexibility index (Phi) is 2.49. The number of phenols is 2. The summed E-state index contributed by atoms with van der Waals surface area (Å²) in [4.78, 5) is 11.6. The Bertz CT molecular complexity index is 385. The highest BCUT2D eigenvalue weighted by molar-refractivity contribution is 5.97. The normalized spacial score (nSPS) is 14.9. The molecule has 1 aliphatic carbocycles. The van der Waals surface area contributed by atoms with Crippen molar-refractivity contribution in [2.75, 3.05) is 6.54 Å². The Morgan fingerprint density at radius 3 is 2.80 bits per heavy atom. The lowest BCUT2D eigenvalue weighted by molar-refractivity contribution is 0.0948. The van der Waals surface area contributed by atoms with Crippen LogP contribution in [0.15, 0.2) is 18.2 Å². The van der Waals surface area contributed by atoms with Crippen LogP contribution in [0.1, 0.15) is 23.2 Å². The average molecular weight is 207 g/mol. The fraction of sp³-hybridized carbons (Fsp3) is 0.364. The van der Waals surface area contributed by atoms with Crippen molar-refractivity contribution in [1.29, 1.82) is 0 Å².